The summed E-state index contributed by atoms with van der Waals surface area (Å²) in [5.41, 5.74) is 1.87. The van der Waals surface area contributed by atoms with Gasteiger partial charge in [0.05, 0.1) is 0 Å². The Morgan fingerprint density at radius 2 is 1.57 bits per heavy atom. The first kappa shape index (κ1) is 15.2. The molecule has 3 nitrogen and oxygen atoms in total. The molecule has 3 rings (SSSR count). The molecule has 0 aliphatic rings. The van der Waals surface area contributed by atoms with E-state index in [-0.39, 0.29) is 22.9 Å². The zero-order valence-corrected chi connectivity index (χ0v) is 13.0. The van der Waals surface area contributed by atoms with Crippen LogP contribution in [0, 0.1) is 0 Å². The topological polar surface area (TPSA) is 33.0 Å². The van der Waals surface area contributed by atoms with E-state index in [1.54, 1.807) is 0 Å². The van der Waals surface area contributed by atoms with Crippen molar-refractivity contribution in [1.29, 1.82) is 0 Å². The van der Waals surface area contributed by atoms with Crippen LogP contribution in [0.3, 0.4) is 0 Å². The van der Waals surface area contributed by atoms with Gasteiger partial charge in [0, 0.05) is 23.2 Å². The van der Waals surface area contributed by atoms with Gasteiger partial charge in [0.25, 0.3) is 5.91 Å². The lowest BCUT2D eigenvalue weighted by Crippen LogP contribution is -3.00. The van der Waals surface area contributed by atoms with E-state index in [0.717, 1.165) is 16.6 Å². The second-order valence-electron chi connectivity index (χ2n) is 4.61. The maximum absolute atomic E-state index is 12.1. The third-order valence-electron chi connectivity index (χ3n) is 3.16. The Morgan fingerprint density at radius 3 is 2.38 bits per heavy atom. The SMILES string of the molecule is O=C(C[n+]1cccc2ccccc21)Nc1ccccc1.[Br-]. The van der Waals surface area contributed by atoms with Crippen molar-refractivity contribution < 1.29 is 26.3 Å². The van der Waals surface area contributed by atoms with E-state index >= 15 is 0 Å². The predicted molar refractivity (Wildman–Crippen MR) is 79.2 cm³/mol. The van der Waals surface area contributed by atoms with Crippen molar-refractivity contribution in [2.45, 2.75) is 6.54 Å². The summed E-state index contributed by atoms with van der Waals surface area (Å²) in [4.78, 5) is 12.1. The van der Waals surface area contributed by atoms with E-state index < -0.39 is 0 Å². The van der Waals surface area contributed by atoms with Crippen molar-refractivity contribution in [3.05, 3.63) is 72.9 Å². The van der Waals surface area contributed by atoms with Crippen LogP contribution in [-0.2, 0) is 11.3 Å². The molecule has 0 spiro atoms. The monoisotopic (exact) mass is 342 g/mol. The van der Waals surface area contributed by atoms with Gasteiger partial charge in [-0.05, 0) is 24.3 Å². The highest BCUT2D eigenvalue weighted by Gasteiger charge is 2.12. The van der Waals surface area contributed by atoms with Gasteiger partial charge >= 0.3 is 0 Å². The predicted octanol–water partition coefficient (Wildman–Crippen LogP) is -0.230. The molecular weight excluding hydrogens is 328 g/mol. The first-order valence-corrected chi connectivity index (χ1v) is 6.55. The Balaban J connectivity index is 0.00000161. The molecule has 0 unspecified atom stereocenters. The number of benzene rings is 2. The zero-order valence-electron chi connectivity index (χ0n) is 11.4. The maximum atomic E-state index is 12.1. The number of para-hydroxylation sites is 2. The molecule has 0 fully saturated rings. The van der Waals surface area contributed by atoms with Gasteiger partial charge in [-0.15, -0.1) is 0 Å². The fourth-order valence-electron chi connectivity index (χ4n) is 2.24. The number of hydrogen-bond acceptors (Lipinski definition) is 1. The summed E-state index contributed by atoms with van der Waals surface area (Å²) in [6.07, 6.45) is 1.92. The Hall–Kier alpha value is -2.20. The molecule has 0 atom stereocenters. The van der Waals surface area contributed by atoms with Crippen LogP contribution in [0.4, 0.5) is 5.69 Å². The lowest BCUT2D eigenvalue weighted by molar-refractivity contribution is -0.658. The Morgan fingerprint density at radius 1 is 0.905 bits per heavy atom. The summed E-state index contributed by atoms with van der Waals surface area (Å²) < 4.78 is 1.95. The molecule has 1 aromatic heterocycles. The minimum atomic E-state index is -0.0300. The molecule has 0 radical (unpaired) electrons. The van der Waals surface area contributed by atoms with Gasteiger partial charge in [-0.3, -0.25) is 4.79 Å². The van der Waals surface area contributed by atoms with Gasteiger partial charge in [0.15, 0.2) is 6.20 Å². The number of carbonyl (C=O) groups excluding carboxylic acids is 1. The van der Waals surface area contributed by atoms with Crippen molar-refractivity contribution in [2.24, 2.45) is 0 Å². The van der Waals surface area contributed by atoms with Crippen LogP contribution in [-0.4, -0.2) is 5.91 Å². The summed E-state index contributed by atoms with van der Waals surface area (Å²) in [5.74, 6) is -0.0300. The molecular formula is C17H15BrN2O. The molecule has 3 aromatic rings. The molecule has 1 heterocycles. The van der Waals surface area contributed by atoms with E-state index in [4.69, 9.17) is 0 Å². The number of aromatic nitrogens is 1. The number of nitrogens with zero attached hydrogens (tertiary/aromatic N) is 1. The van der Waals surface area contributed by atoms with E-state index in [2.05, 4.69) is 5.32 Å². The van der Waals surface area contributed by atoms with E-state index in [0.29, 0.717) is 6.54 Å². The third-order valence-corrected chi connectivity index (χ3v) is 3.16. The van der Waals surface area contributed by atoms with Crippen molar-refractivity contribution in [3.8, 4) is 0 Å². The van der Waals surface area contributed by atoms with Crippen LogP contribution in [0.25, 0.3) is 10.9 Å². The van der Waals surface area contributed by atoms with Crippen molar-refractivity contribution in [2.75, 3.05) is 5.32 Å². The van der Waals surface area contributed by atoms with Crippen LogP contribution >= 0.6 is 0 Å². The zero-order chi connectivity index (χ0) is 13.8. The van der Waals surface area contributed by atoms with Gasteiger partial charge < -0.3 is 22.3 Å². The number of nitrogens with one attached hydrogen (secondary N) is 1. The summed E-state index contributed by atoms with van der Waals surface area (Å²) in [5, 5.41) is 4.02. The fourth-order valence-corrected chi connectivity index (χ4v) is 2.24. The van der Waals surface area contributed by atoms with Crippen LogP contribution in [0.1, 0.15) is 0 Å². The Bertz CT molecular complexity index is 739. The van der Waals surface area contributed by atoms with Crippen molar-refractivity contribution >= 4 is 22.5 Å². The molecule has 0 bridgehead atoms. The Kier molecular flexibility index (Phi) is 5.06. The number of fused-ring (bicyclic) bond motifs is 1. The summed E-state index contributed by atoms with van der Waals surface area (Å²) in [6.45, 7) is 0.302. The number of halogens is 1. The second-order valence-corrected chi connectivity index (χ2v) is 4.61. The largest absolute Gasteiger partial charge is 1.00 e. The number of amides is 1. The summed E-state index contributed by atoms with van der Waals surface area (Å²) in [7, 11) is 0. The highest BCUT2D eigenvalue weighted by Crippen LogP contribution is 2.08. The standard InChI is InChI=1S/C17H14N2O.BrH/c20-17(18-15-9-2-1-3-10-15)13-19-12-6-8-14-7-4-5-11-16(14)19;/h1-12H,13H2;1H. The molecule has 0 aliphatic carbocycles. The Labute approximate surface area is 134 Å². The minimum absolute atomic E-state index is 0. The quantitative estimate of drug-likeness (QED) is 0.655. The average molecular weight is 343 g/mol. The van der Waals surface area contributed by atoms with Crippen molar-refractivity contribution in [3.63, 3.8) is 0 Å². The van der Waals surface area contributed by atoms with Gasteiger partial charge in [-0.2, -0.15) is 4.57 Å². The first-order chi connectivity index (χ1) is 9.83. The second kappa shape index (κ2) is 6.99. The lowest BCUT2D eigenvalue weighted by Gasteiger charge is -2.04. The lowest BCUT2D eigenvalue weighted by atomic mass is 10.2. The highest BCUT2D eigenvalue weighted by molar-refractivity contribution is 5.89. The number of rotatable bonds is 3. The minimum Gasteiger partial charge on any atom is -1.00 e. The molecule has 4 heteroatoms. The van der Waals surface area contributed by atoms with E-state index in [1.807, 2.05) is 77.5 Å². The van der Waals surface area contributed by atoms with Crippen LogP contribution in [0.2, 0.25) is 0 Å². The molecule has 2 aromatic carbocycles. The molecule has 106 valence electrons. The van der Waals surface area contributed by atoms with Gasteiger partial charge in [-0.25, -0.2) is 0 Å². The third kappa shape index (κ3) is 3.67. The van der Waals surface area contributed by atoms with E-state index in [1.165, 1.54) is 0 Å². The molecule has 0 saturated carbocycles. The fraction of sp³-hybridized carbons (Fsp3) is 0.0588. The highest BCUT2D eigenvalue weighted by atomic mass is 79.9. The molecule has 21 heavy (non-hydrogen) atoms. The number of pyridine rings is 1. The summed E-state index contributed by atoms with van der Waals surface area (Å²) >= 11 is 0. The smallest absolute Gasteiger partial charge is 0.290 e. The number of carbonyl (C=O) groups is 1. The molecule has 0 saturated heterocycles. The van der Waals surface area contributed by atoms with Crippen LogP contribution < -0.4 is 26.9 Å². The van der Waals surface area contributed by atoms with Gasteiger partial charge in [0.1, 0.15) is 0 Å². The van der Waals surface area contributed by atoms with Crippen molar-refractivity contribution in [1.82, 2.24) is 0 Å². The molecule has 1 N–H and O–H groups in total. The number of anilines is 1. The van der Waals surface area contributed by atoms with E-state index in [9.17, 15) is 4.79 Å². The summed E-state index contributed by atoms with van der Waals surface area (Å²) in [6, 6.07) is 21.5. The van der Waals surface area contributed by atoms with Crippen LogP contribution in [0.5, 0.6) is 0 Å². The van der Waals surface area contributed by atoms with Gasteiger partial charge in [0.2, 0.25) is 12.1 Å². The maximum Gasteiger partial charge on any atom is 0.290 e. The first-order valence-electron chi connectivity index (χ1n) is 6.55. The molecule has 1 amide bonds. The average Bonchev–Trinajstić information content (AvgIpc) is 2.48. The normalized spacial score (nSPS) is 9.90. The van der Waals surface area contributed by atoms with Gasteiger partial charge in [-0.1, -0.05) is 30.3 Å². The molecule has 0 aliphatic heterocycles. The number of hydrogen-bond donors (Lipinski definition) is 1. The van der Waals surface area contributed by atoms with Crippen LogP contribution in [0.15, 0.2) is 72.9 Å².